The molecule has 0 saturated carbocycles. The van der Waals surface area contributed by atoms with Crippen molar-refractivity contribution in [2.45, 2.75) is 32.6 Å². The molecule has 256 valence electrons. The van der Waals surface area contributed by atoms with E-state index in [-0.39, 0.29) is 47.8 Å². The first-order chi connectivity index (χ1) is 21.7. The first-order valence-electron chi connectivity index (χ1n) is 14.8. The van der Waals surface area contributed by atoms with Crippen molar-refractivity contribution in [1.29, 1.82) is 0 Å². The number of aromatic hydroxyl groups is 4. The molecule has 0 heterocycles. The summed E-state index contributed by atoms with van der Waals surface area (Å²) in [5.41, 5.74) is 4.12. The number of phenols is 4. The number of hydrogen-bond acceptors (Lipinski definition) is 8. The number of phenolic OH excluding ortho intramolecular Hbond substituents is 4. The maximum absolute atomic E-state index is 10.1. The van der Waals surface area contributed by atoms with Crippen LogP contribution < -0.4 is 53.6 Å². The number of methoxy groups -OCH3 is 4. The minimum atomic E-state index is 0. The smallest absolute Gasteiger partial charge is 0.160 e. The molecule has 4 rings (SSSR count). The van der Waals surface area contributed by atoms with Gasteiger partial charge in [-0.2, -0.15) is 0 Å². The third-order valence-corrected chi connectivity index (χ3v) is 7.85. The van der Waals surface area contributed by atoms with Crippen LogP contribution >= 0.6 is 0 Å². The molecule has 0 bridgehead atoms. The van der Waals surface area contributed by atoms with Crippen LogP contribution in [-0.2, 0) is 26.2 Å². The topological polar surface area (TPSA) is 127 Å². The van der Waals surface area contributed by atoms with Gasteiger partial charge in [0.05, 0.1) is 41.5 Å². The predicted molar refractivity (Wildman–Crippen MR) is 170 cm³/mol. The lowest BCUT2D eigenvalue weighted by Gasteiger charge is -2.24. The van der Waals surface area contributed by atoms with Crippen LogP contribution in [0.5, 0.6) is 46.0 Å². The second-order valence-electron chi connectivity index (χ2n) is 11.1. The zero-order valence-corrected chi connectivity index (χ0v) is 28.6. The molecule has 6 N–H and O–H groups in total. The molecule has 4 aromatic rings. The van der Waals surface area contributed by atoms with Crippen LogP contribution in [-0.4, -0.2) is 62.0 Å². The highest BCUT2D eigenvalue weighted by Crippen LogP contribution is 2.28. The summed E-state index contributed by atoms with van der Waals surface area (Å²) in [6, 6.07) is 21.7. The largest absolute Gasteiger partial charge is 1.00 e. The molecule has 0 fully saturated rings. The van der Waals surface area contributed by atoms with E-state index in [9.17, 15) is 20.4 Å². The van der Waals surface area contributed by atoms with E-state index in [1.807, 2.05) is 48.5 Å². The van der Waals surface area contributed by atoms with E-state index in [2.05, 4.69) is 0 Å². The van der Waals surface area contributed by atoms with Crippen LogP contribution in [0.2, 0.25) is 0 Å². The number of rotatable bonds is 16. The SMILES string of the molecule is COc1cc(C[NH+](CCC[NH+](Cc2ccc(O)c(OC)c2)Cc2ccc(O)c(OC)c2)Cc2ccc(O)c(OC)c2)ccc1O.[Cl-].[Cl-]. The van der Waals surface area contributed by atoms with Crippen molar-refractivity contribution < 1.29 is 74.0 Å². The fourth-order valence-electron chi connectivity index (χ4n) is 5.55. The average molecular weight is 692 g/mol. The van der Waals surface area contributed by atoms with Crippen molar-refractivity contribution in [3.63, 3.8) is 0 Å². The molecule has 0 aliphatic carbocycles. The highest BCUT2D eigenvalue weighted by Gasteiger charge is 2.18. The Morgan fingerprint density at radius 3 is 0.872 bits per heavy atom. The molecule has 0 aromatic heterocycles. The molecular formula is C35H44Cl2N2O8. The van der Waals surface area contributed by atoms with Gasteiger partial charge in [-0.3, -0.25) is 0 Å². The second kappa shape index (κ2) is 18.8. The third kappa shape index (κ3) is 10.9. The summed E-state index contributed by atoms with van der Waals surface area (Å²) < 4.78 is 21.4. The maximum Gasteiger partial charge on any atom is 0.160 e. The summed E-state index contributed by atoms with van der Waals surface area (Å²) >= 11 is 0. The monoisotopic (exact) mass is 690 g/mol. The molecular weight excluding hydrogens is 647 g/mol. The maximum atomic E-state index is 10.1. The predicted octanol–water partition coefficient (Wildman–Crippen LogP) is -3.19. The number of nitrogens with one attached hydrogen (secondary N) is 2. The van der Waals surface area contributed by atoms with Crippen molar-refractivity contribution in [1.82, 2.24) is 0 Å². The van der Waals surface area contributed by atoms with Crippen LogP contribution in [0.4, 0.5) is 0 Å². The summed E-state index contributed by atoms with van der Waals surface area (Å²) in [6.07, 6.45) is 0.888. The fourth-order valence-corrected chi connectivity index (χ4v) is 5.55. The molecule has 0 aliphatic rings. The van der Waals surface area contributed by atoms with E-state index >= 15 is 0 Å². The normalized spacial score (nSPS) is 10.7. The van der Waals surface area contributed by atoms with Crippen molar-refractivity contribution in [2.75, 3.05) is 41.5 Å². The Hall–Kier alpha value is -4.22. The number of quaternary nitrogens is 2. The second-order valence-corrected chi connectivity index (χ2v) is 11.1. The van der Waals surface area contributed by atoms with Gasteiger partial charge in [-0.05, 0) is 72.8 Å². The van der Waals surface area contributed by atoms with Crippen molar-refractivity contribution in [2.24, 2.45) is 0 Å². The summed E-state index contributed by atoms with van der Waals surface area (Å²) in [6.45, 7) is 4.46. The van der Waals surface area contributed by atoms with E-state index in [4.69, 9.17) is 18.9 Å². The van der Waals surface area contributed by atoms with Gasteiger partial charge in [-0.25, -0.2) is 0 Å². The van der Waals surface area contributed by atoms with Crippen LogP contribution in [0.15, 0.2) is 72.8 Å². The lowest BCUT2D eigenvalue weighted by atomic mass is 10.1. The Balaban J connectivity index is 0.00000384. The summed E-state index contributed by atoms with van der Waals surface area (Å²) in [4.78, 5) is 2.57. The summed E-state index contributed by atoms with van der Waals surface area (Å²) in [5.74, 6) is 2.13. The summed E-state index contributed by atoms with van der Waals surface area (Å²) in [5, 5.41) is 40.5. The minimum Gasteiger partial charge on any atom is -1.00 e. The molecule has 0 unspecified atom stereocenters. The van der Waals surface area contributed by atoms with E-state index in [0.717, 1.165) is 41.8 Å². The Kier molecular flexibility index (Phi) is 15.6. The van der Waals surface area contributed by atoms with Gasteiger partial charge in [0.2, 0.25) is 0 Å². The highest BCUT2D eigenvalue weighted by molar-refractivity contribution is 5.44. The molecule has 4 aromatic carbocycles. The van der Waals surface area contributed by atoms with Gasteiger partial charge in [0, 0.05) is 28.7 Å². The molecule has 0 saturated heterocycles. The third-order valence-electron chi connectivity index (χ3n) is 7.85. The van der Waals surface area contributed by atoms with Gasteiger partial charge in [-0.15, -0.1) is 0 Å². The average Bonchev–Trinajstić information content (AvgIpc) is 3.04. The summed E-state index contributed by atoms with van der Waals surface area (Å²) in [7, 11) is 6.15. The van der Waals surface area contributed by atoms with Crippen molar-refractivity contribution >= 4 is 0 Å². The first-order valence-corrected chi connectivity index (χ1v) is 14.8. The molecule has 0 spiro atoms. The lowest BCUT2D eigenvalue weighted by molar-refractivity contribution is -0.946. The van der Waals surface area contributed by atoms with E-state index in [1.54, 1.807) is 24.3 Å². The number of benzene rings is 4. The van der Waals surface area contributed by atoms with Gasteiger partial charge in [-0.1, -0.05) is 0 Å². The molecule has 47 heavy (non-hydrogen) atoms. The van der Waals surface area contributed by atoms with Crippen LogP contribution in [0, 0.1) is 0 Å². The molecule has 0 radical (unpaired) electrons. The fraction of sp³-hybridized carbons (Fsp3) is 0.314. The van der Waals surface area contributed by atoms with Gasteiger partial charge in [0.1, 0.15) is 26.2 Å². The standard InChI is InChI=1S/C35H42N2O8.2ClH/c1-42-32-16-24(6-10-28(32)38)20-36(21-25-7-11-29(39)33(17-25)43-2)14-5-15-37(22-26-8-12-30(40)34(18-26)44-3)23-27-9-13-31(41)35(19-27)45-4;;/h6-13,16-19,38-41H,5,14-15,20-23H2,1-4H3;2*1H. The lowest BCUT2D eigenvalue weighted by Crippen LogP contribution is -3.12. The van der Waals surface area contributed by atoms with Crippen molar-refractivity contribution in [3.8, 4) is 46.0 Å². The first kappa shape index (κ1) is 39.0. The minimum absolute atomic E-state index is 0. The Labute approximate surface area is 288 Å². The van der Waals surface area contributed by atoms with Gasteiger partial charge >= 0.3 is 0 Å². The van der Waals surface area contributed by atoms with Crippen LogP contribution in [0.1, 0.15) is 28.7 Å². The molecule has 0 amide bonds. The number of hydrogen-bond donors (Lipinski definition) is 6. The Bertz CT molecular complexity index is 1350. The van der Waals surface area contributed by atoms with E-state index in [0.29, 0.717) is 49.2 Å². The van der Waals surface area contributed by atoms with Gasteiger partial charge < -0.3 is 74.0 Å². The van der Waals surface area contributed by atoms with E-state index in [1.165, 1.54) is 38.2 Å². The zero-order chi connectivity index (χ0) is 32.3. The zero-order valence-electron chi connectivity index (χ0n) is 27.1. The quantitative estimate of drug-likeness (QED) is 0.0727. The molecule has 0 aliphatic heterocycles. The van der Waals surface area contributed by atoms with Crippen LogP contribution in [0.25, 0.3) is 0 Å². The number of halogens is 2. The van der Waals surface area contributed by atoms with E-state index < -0.39 is 0 Å². The van der Waals surface area contributed by atoms with Gasteiger partial charge in [0.25, 0.3) is 0 Å². The van der Waals surface area contributed by atoms with Crippen LogP contribution in [0.3, 0.4) is 0 Å². The van der Waals surface area contributed by atoms with Gasteiger partial charge in [0.15, 0.2) is 46.0 Å². The molecule has 0 atom stereocenters. The Morgan fingerprint density at radius 2 is 0.660 bits per heavy atom. The highest BCUT2D eigenvalue weighted by atomic mass is 35.5. The molecule has 12 heteroatoms. The number of ether oxygens (including phenoxy) is 4. The van der Waals surface area contributed by atoms with Crippen molar-refractivity contribution in [3.05, 3.63) is 95.1 Å². The molecule has 10 nitrogen and oxygen atoms in total. The Morgan fingerprint density at radius 1 is 0.426 bits per heavy atom.